The first-order chi connectivity index (χ1) is 21.4. The van der Waals surface area contributed by atoms with Crippen LogP contribution in [-0.4, -0.2) is 40.2 Å². The molecule has 0 spiro atoms. The Labute approximate surface area is 265 Å². The summed E-state index contributed by atoms with van der Waals surface area (Å²) in [6, 6.07) is 11.8. The summed E-state index contributed by atoms with van der Waals surface area (Å²) in [6.45, 7) is 16.0. The SMILES string of the molecule is C=C(/C=C\C=C(\C)N)C(=C)N=C(/C=C(\N)c1cc(C)nn1C)CCCc1cc(-c2cc(C)nn2C)nc(-c2cccc(C)n2)n1. The molecule has 4 heterocycles. The molecular formula is C35H42N10. The van der Waals surface area contributed by atoms with E-state index in [0.29, 0.717) is 41.3 Å². The summed E-state index contributed by atoms with van der Waals surface area (Å²) in [7, 11) is 3.79. The van der Waals surface area contributed by atoms with Crippen LogP contribution in [0.5, 0.6) is 0 Å². The highest BCUT2D eigenvalue weighted by Crippen LogP contribution is 2.24. The Bertz CT molecular complexity index is 1840. The average Bonchev–Trinajstić information content (AvgIpc) is 3.50. The van der Waals surface area contributed by atoms with Gasteiger partial charge in [-0.25, -0.2) is 15.0 Å². The molecule has 232 valence electrons. The van der Waals surface area contributed by atoms with Crippen LogP contribution in [0.4, 0.5) is 0 Å². The quantitative estimate of drug-likeness (QED) is 0.153. The predicted octanol–water partition coefficient (Wildman–Crippen LogP) is 5.85. The lowest BCUT2D eigenvalue weighted by molar-refractivity contribution is 0.745. The van der Waals surface area contributed by atoms with Gasteiger partial charge in [0, 0.05) is 36.9 Å². The second-order valence-corrected chi connectivity index (χ2v) is 11.1. The maximum absolute atomic E-state index is 6.55. The molecule has 0 unspecified atom stereocenters. The lowest BCUT2D eigenvalue weighted by atomic mass is 10.1. The van der Waals surface area contributed by atoms with E-state index in [1.807, 2.05) is 101 Å². The smallest absolute Gasteiger partial charge is 0.179 e. The molecule has 4 aromatic rings. The highest BCUT2D eigenvalue weighted by molar-refractivity contribution is 6.01. The monoisotopic (exact) mass is 602 g/mol. The van der Waals surface area contributed by atoms with E-state index < -0.39 is 0 Å². The van der Waals surface area contributed by atoms with Gasteiger partial charge in [-0.05, 0) is 95.0 Å². The first-order valence-electron chi connectivity index (χ1n) is 14.8. The minimum absolute atomic E-state index is 0.540. The molecular weight excluding hydrogens is 560 g/mol. The number of allylic oxidation sites excluding steroid dienone is 5. The van der Waals surface area contributed by atoms with Crippen molar-refractivity contribution in [2.45, 2.75) is 47.0 Å². The maximum Gasteiger partial charge on any atom is 0.179 e. The molecule has 0 aliphatic heterocycles. The van der Waals surface area contributed by atoms with Gasteiger partial charge >= 0.3 is 0 Å². The summed E-state index contributed by atoms with van der Waals surface area (Å²) in [5, 5.41) is 8.95. The van der Waals surface area contributed by atoms with Crippen LogP contribution in [0.25, 0.3) is 28.6 Å². The lowest BCUT2D eigenvalue weighted by Crippen LogP contribution is -2.08. The van der Waals surface area contributed by atoms with Crippen LogP contribution in [0, 0.1) is 20.8 Å². The van der Waals surface area contributed by atoms with Crippen molar-refractivity contribution in [3.8, 4) is 22.9 Å². The van der Waals surface area contributed by atoms with Gasteiger partial charge in [0.2, 0.25) is 0 Å². The third kappa shape index (κ3) is 8.82. The van der Waals surface area contributed by atoms with Crippen molar-refractivity contribution in [3.05, 3.63) is 119 Å². The zero-order chi connectivity index (χ0) is 32.7. The molecule has 4 N–H and O–H groups in total. The normalized spacial score (nSPS) is 12.7. The van der Waals surface area contributed by atoms with Gasteiger partial charge < -0.3 is 11.5 Å². The Balaban J connectivity index is 1.64. The molecule has 4 rings (SSSR count). The van der Waals surface area contributed by atoms with E-state index in [-0.39, 0.29) is 0 Å². The van der Waals surface area contributed by atoms with E-state index in [1.165, 1.54) is 0 Å². The second-order valence-electron chi connectivity index (χ2n) is 11.1. The second kappa shape index (κ2) is 14.4. The third-order valence-electron chi connectivity index (χ3n) is 6.95. The van der Waals surface area contributed by atoms with E-state index >= 15 is 0 Å². The zero-order valence-corrected chi connectivity index (χ0v) is 27.0. The number of aryl methyl sites for hydroxylation is 6. The van der Waals surface area contributed by atoms with E-state index in [9.17, 15) is 0 Å². The van der Waals surface area contributed by atoms with Crippen molar-refractivity contribution in [1.29, 1.82) is 0 Å². The van der Waals surface area contributed by atoms with Gasteiger partial charge in [0.05, 0.1) is 39.9 Å². The Morgan fingerprint density at radius 2 is 1.64 bits per heavy atom. The number of rotatable bonds is 12. The molecule has 0 aliphatic carbocycles. The number of hydrogen-bond donors (Lipinski definition) is 2. The Morgan fingerprint density at radius 3 is 2.29 bits per heavy atom. The molecule has 0 radical (unpaired) electrons. The molecule has 0 aromatic carbocycles. The fourth-order valence-electron chi connectivity index (χ4n) is 4.79. The van der Waals surface area contributed by atoms with Crippen molar-refractivity contribution in [2.24, 2.45) is 30.6 Å². The van der Waals surface area contributed by atoms with Gasteiger partial charge in [0.15, 0.2) is 5.82 Å². The van der Waals surface area contributed by atoms with Gasteiger partial charge in [0.25, 0.3) is 0 Å². The number of aliphatic imine (C=N–C) groups is 1. The van der Waals surface area contributed by atoms with Crippen LogP contribution in [0.2, 0.25) is 0 Å². The lowest BCUT2D eigenvalue weighted by Gasteiger charge is -2.10. The molecule has 0 saturated heterocycles. The number of aromatic nitrogens is 7. The molecule has 0 saturated carbocycles. The highest BCUT2D eigenvalue weighted by Gasteiger charge is 2.14. The van der Waals surface area contributed by atoms with Crippen LogP contribution in [0.15, 0.2) is 95.8 Å². The summed E-state index contributed by atoms with van der Waals surface area (Å²) >= 11 is 0. The number of nitrogens with two attached hydrogens (primary N) is 2. The molecule has 10 heteroatoms. The third-order valence-corrected chi connectivity index (χ3v) is 6.95. The van der Waals surface area contributed by atoms with Crippen molar-refractivity contribution in [1.82, 2.24) is 34.5 Å². The average molecular weight is 603 g/mol. The standard InChI is InChI=1S/C35H42N10/c1-22(12-9-13-23(2)36)27(6)39-28(20-30(37)33-18-25(4)42-44(33)7)15-11-16-29-21-32(34-19-26(5)43-45(34)8)41-35(40-29)31-17-10-14-24(3)38-31/h9-10,12-14,17-21H,1,6,11,15-16,36-37H2,2-5,7-8H3/b12-9-,23-13-,30-20-,39-28?. The molecule has 10 nitrogen and oxygen atoms in total. The van der Waals surface area contributed by atoms with E-state index in [0.717, 1.165) is 57.7 Å². The van der Waals surface area contributed by atoms with Crippen LogP contribution < -0.4 is 11.5 Å². The number of nitrogens with zero attached hydrogens (tertiary/aromatic N) is 8. The Hall–Kier alpha value is -5.38. The fraction of sp³-hybridized carbons (Fsp3) is 0.257. The van der Waals surface area contributed by atoms with Gasteiger partial charge in [-0.2, -0.15) is 10.2 Å². The minimum Gasteiger partial charge on any atom is -0.402 e. The zero-order valence-electron chi connectivity index (χ0n) is 27.0. The van der Waals surface area contributed by atoms with E-state index in [4.69, 9.17) is 26.4 Å². The predicted molar refractivity (Wildman–Crippen MR) is 183 cm³/mol. The van der Waals surface area contributed by atoms with E-state index in [1.54, 1.807) is 10.8 Å². The Morgan fingerprint density at radius 1 is 0.911 bits per heavy atom. The maximum atomic E-state index is 6.55. The molecule has 4 aromatic heterocycles. The summed E-state index contributed by atoms with van der Waals surface area (Å²) in [5.74, 6) is 0.577. The summed E-state index contributed by atoms with van der Waals surface area (Å²) in [4.78, 5) is 19.3. The topological polar surface area (TPSA) is 139 Å². The first kappa shape index (κ1) is 32.5. The summed E-state index contributed by atoms with van der Waals surface area (Å²) in [5.41, 5.74) is 22.4. The molecule has 0 bridgehead atoms. The van der Waals surface area contributed by atoms with Gasteiger partial charge in [-0.3, -0.25) is 14.4 Å². The van der Waals surface area contributed by atoms with Gasteiger partial charge in [-0.1, -0.05) is 31.4 Å². The number of pyridine rings is 1. The highest BCUT2D eigenvalue weighted by atomic mass is 15.3. The van der Waals surface area contributed by atoms with E-state index in [2.05, 4.69) is 28.3 Å². The van der Waals surface area contributed by atoms with Crippen LogP contribution in [0.3, 0.4) is 0 Å². The van der Waals surface area contributed by atoms with Crippen LogP contribution in [0.1, 0.15) is 48.2 Å². The molecule has 0 atom stereocenters. The van der Waals surface area contributed by atoms with Gasteiger partial charge in [0.1, 0.15) is 5.69 Å². The molecule has 45 heavy (non-hydrogen) atoms. The summed E-state index contributed by atoms with van der Waals surface area (Å²) < 4.78 is 3.60. The minimum atomic E-state index is 0.540. The van der Waals surface area contributed by atoms with Crippen molar-refractivity contribution in [2.75, 3.05) is 0 Å². The fourth-order valence-corrected chi connectivity index (χ4v) is 4.79. The molecule has 0 amide bonds. The van der Waals surface area contributed by atoms with Crippen LogP contribution in [-0.2, 0) is 20.5 Å². The van der Waals surface area contributed by atoms with Crippen molar-refractivity contribution >= 4 is 11.4 Å². The first-order valence-corrected chi connectivity index (χ1v) is 14.8. The molecule has 0 fully saturated rings. The largest absolute Gasteiger partial charge is 0.402 e. The Kier molecular flexibility index (Phi) is 10.4. The number of hydrogen-bond acceptors (Lipinski definition) is 8. The van der Waals surface area contributed by atoms with Crippen molar-refractivity contribution < 1.29 is 0 Å². The van der Waals surface area contributed by atoms with Crippen LogP contribution >= 0.6 is 0 Å². The summed E-state index contributed by atoms with van der Waals surface area (Å²) in [6.07, 6.45) is 9.40. The molecule has 0 aliphatic rings. The van der Waals surface area contributed by atoms with Gasteiger partial charge in [-0.15, -0.1) is 0 Å². The van der Waals surface area contributed by atoms with Crippen molar-refractivity contribution in [3.63, 3.8) is 0 Å².